The highest BCUT2D eigenvalue weighted by Crippen LogP contribution is 2.28. The molecule has 1 aromatic rings. The topological polar surface area (TPSA) is 6.48 Å². The van der Waals surface area contributed by atoms with Gasteiger partial charge in [0.1, 0.15) is 0 Å². The Balaban J connectivity index is 1.73. The van der Waals surface area contributed by atoms with Crippen molar-refractivity contribution in [3.63, 3.8) is 0 Å². The molecule has 2 aliphatic heterocycles. The molecular weight excluding hydrogens is 256 g/mol. The van der Waals surface area contributed by atoms with Crippen molar-refractivity contribution < 1.29 is 0 Å². The molecule has 0 aliphatic carbocycles. The van der Waals surface area contributed by atoms with Gasteiger partial charge in [0.25, 0.3) is 0 Å². The van der Waals surface area contributed by atoms with Crippen molar-refractivity contribution in [3.8, 4) is 0 Å². The first-order valence-electron chi connectivity index (χ1n) is 7.47. The first-order chi connectivity index (χ1) is 9.24. The highest BCUT2D eigenvalue weighted by Gasteiger charge is 2.30. The first kappa shape index (κ1) is 13.4. The molecule has 3 heteroatoms. The fourth-order valence-electron chi connectivity index (χ4n) is 3.56. The summed E-state index contributed by atoms with van der Waals surface area (Å²) in [7, 11) is 0. The Hall–Kier alpha value is -0.570. The van der Waals surface area contributed by atoms with Crippen molar-refractivity contribution in [1.29, 1.82) is 0 Å². The number of hydrogen-bond acceptors (Lipinski definition) is 2. The van der Waals surface area contributed by atoms with Gasteiger partial charge in [-0.05, 0) is 57.0 Å². The third kappa shape index (κ3) is 2.96. The minimum absolute atomic E-state index is 0.472. The maximum Gasteiger partial charge on any atom is 0.0409 e. The van der Waals surface area contributed by atoms with E-state index >= 15 is 0 Å². The average Bonchev–Trinajstić information content (AvgIpc) is 2.75. The van der Waals surface area contributed by atoms with Crippen molar-refractivity contribution in [1.82, 2.24) is 9.80 Å². The molecule has 3 rings (SSSR count). The lowest BCUT2D eigenvalue weighted by Gasteiger charge is -2.31. The normalized spacial score (nSPS) is 26.9. The number of hydrogen-bond donors (Lipinski definition) is 0. The summed E-state index contributed by atoms with van der Waals surface area (Å²) >= 11 is 6.12. The molecule has 2 saturated heterocycles. The number of benzene rings is 1. The molecule has 2 atom stereocenters. The highest BCUT2D eigenvalue weighted by molar-refractivity contribution is 6.30. The van der Waals surface area contributed by atoms with Gasteiger partial charge in [0, 0.05) is 30.2 Å². The van der Waals surface area contributed by atoms with Crippen molar-refractivity contribution >= 4 is 11.6 Å². The third-order valence-corrected chi connectivity index (χ3v) is 4.95. The van der Waals surface area contributed by atoms with Crippen LogP contribution in [0.25, 0.3) is 0 Å². The Morgan fingerprint density at radius 3 is 2.89 bits per heavy atom. The van der Waals surface area contributed by atoms with Gasteiger partial charge in [-0.3, -0.25) is 9.80 Å². The van der Waals surface area contributed by atoms with E-state index in [0.717, 1.165) is 11.1 Å². The standard InChI is InChI=1S/C16H23ClN2/c1-13(14-5-2-6-15(17)11-14)19-10-4-9-18-8-3-7-16(18)12-19/h2,5-6,11,13,16H,3-4,7-10,12H2,1H3. The maximum absolute atomic E-state index is 6.12. The zero-order valence-electron chi connectivity index (χ0n) is 11.7. The van der Waals surface area contributed by atoms with Crippen LogP contribution in [0.1, 0.15) is 37.8 Å². The van der Waals surface area contributed by atoms with Crippen LogP contribution >= 0.6 is 11.6 Å². The van der Waals surface area contributed by atoms with Gasteiger partial charge in [-0.2, -0.15) is 0 Å². The molecule has 2 unspecified atom stereocenters. The quantitative estimate of drug-likeness (QED) is 0.816. The van der Waals surface area contributed by atoms with Crippen LogP contribution in [0.4, 0.5) is 0 Å². The molecular formula is C16H23ClN2. The Bertz CT molecular complexity index is 435. The van der Waals surface area contributed by atoms with Crippen LogP contribution in [-0.4, -0.2) is 42.0 Å². The number of rotatable bonds is 2. The van der Waals surface area contributed by atoms with Crippen LogP contribution < -0.4 is 0 Å². The lowest BCUT2D eigenvalue weighted by Crippen LogP contribution is -2.37. The van der Waals surface area contributed by atoms with E-state index in [-0.39, 0.29) is 0 Å². The molecule has 0 N–H and O–H groups in total. The lowest BCUT2D eigenvalue weighted by atomic mass is 10.1. The molecule has 2 nitrogen and oxygen atoms in total. The Morgan fingerprint density at radius 2 is 2.05 bits per heavy atom. The first-order valence-corrected chi connectivity index (χ1v) is 7.85. The molecule has 19 heavy (non-hydrogen) atoms. The molecule has 0 spiro atoms. The van der Waals surface area contributed by atoms with Crippen LogP contribution in [-0.2, 0) is 0 Å². The van der Waals surface area contributed by atoms with Gasteiger partial charge in [-0.15, -0.1) is 0 Å². The third-order valence-electron chi connectivity index (χ3n) is 4.71. The Labute approximate surface area is 121 Å². The Morgan fingerprint density at radius 1 is 1.21 bits per heavy atom. The summed E-state index contributed by atoms with van der Waals surface area (Å²) in [5, 5.41) is 0.849. The van der Waals surface area contributed by atoms with E-state index in [4.69, 9.17) is 11.6 Å². The maximum atomic E-state index is 6.12. The summed E-state index contributed by atoms with van der Waals surface area (Å²) in [4.78, 5) is 5.33. The van der Waals surface area contributed by atoms with Crippen molar-refractivity contribution in [2.45, 2.75) is 38.3 Å². The summed E-state index contributed by atoms with van der Waals surface area (Å²) in [6.45, 7) is 7.33. The summed E-state index contributed by atoms with van der Waals surface area (Å²) in [5.41, 5.74) is 1.35. The average molecular weight is 279 g/mol. The Kier molecular flexibility index (Phi) is 4.11. The SMILES string of the molecule is CC(c1cccc(Cl)c1)N1CCCN2CCCC2C1. The molecule has 2 aliphatic rings. The zero-order valence-corrected chi connectivity index (χ0v) is 12.4. The van der Waals surface area contributed by atoms with Crippen LogP contribution in [0.3, 0.4) is 0 Å². The molecule has 1 aromatic carbocycles. The molecule has 0 radical (unpaired) electrons. The van der Waals surface area contributed by atoms with E-state index in [0.29, 0.717) is 6.04 Å². The molecule has 104 valence electrons. The summed E-state index contributed by atoms with van der Waals surface area (Å²) < 4.78 is 0. The summed E-state index contributed by atoms with van der Waals surface area (Å²) in [6, 6.07) is 9.59. The molecule has 2 fully saturated rings. The molecule has 0 amide bonds. The second-order valence-corrected chi connectivity index (χ2v) is 6.35. The van der Waals surface area contributed by atoms with Crippen molar-refractivity contribution in [2.75, 3.05) is 26.2 Å². The monoisotopic (exact) mass is 278 g/mol. The largest absolute Gasteiger partial charge is 0.299 e. The zero-order chi connectivity index (χ0) is 13.2. The van der Waals surface area contributed by atoms with E-state index in [9.17, 15) is 0 Å². The summed E-state index contributed by atoms with van der Waals surface area (Å²) in [5.74, 6) is 0. The van der Waals surface area contributed by atoms with Crippen LogP contribution in [0, 0.1) is 0 Å². The number of nitrogens with zero attached hydrogens (tertiary/aromatic N) is 2. The smallest absolute Gasteiger partial charge is 0.0409 e. The highest BCUT2D eigenvalue weighted by atomic mass is 35.5. The molecule has 2 heterocycles. The van der Waals surface area contributed by atoms with Gasteiger partial charge >= 0.3 is 0 Å². The van der Waals surface area contributed by atoms with Gasteiger partial charge in [-0.1, -0.05) is 23.7 Å². The van der Waals surface area contributed by atoms with Gasteiger partial charge < -0.3 is 0 Å². The van der Waals surface area contributed by atoms with Crippen molar-refractivity contribution in [3.05, 3.63) is 34.9 Å². The lowest BCUT2D eigenvalue weighted by molar-refractivity contribution is 0.182. The van der Waals surface area contributed by atoms with Crippen LogP contribution in [0.2, 0.25) is 5.02 Å². The fraction of sp³-hybridized carbons (Fsp3) is 0.625. The predicted octanol–water partition coefficient (Wildman–Crippen LogP) is 3.57. The minimum Gasteiger partial charge on any atom is -0.299 e. The minimum atomic E-state index is 0.472. The van der Waals surface area contributed by atoms with Crippen molar-refractivity contribution in [2.24, 2.45) is 0 Å². The fourth-order valence-corrected chi connectivity index (χ4v) is 3.76. The second kappa shape index (κ2) is 5.82. The summed E-state index contributed by atoms with van der Waals surface area (Å²) in [6.07, 6.45) is 4.05. The number of halogens is 1. The van der Waals surface area contributed by atoms with E-state index in [1.807, 2.05) is 6.07 Å². The van der Waals surface area contributed by atoms with E-state index in [1.54, 1.807) is 0 Å². The molecule has 0 bridgehead atoms. The van der Waals surface area contributed by atoms with Gasteiger partial charge in [0.15, 0.2) is 0 Å². The van der Waals surface area contributed by atoms with Gasteiger partial charge in [0.05, 0.1) is 0 Å². The second-order valence-electron chi connectivity index (χ2n) is 5.91. The van der Waals surface area contributed by atoms with E-state index < -0.39 is 0 Å². The van der Waals surface area contributed by atoms with E-state index in [2.05, 4.69) is 34.9 Å². The molecule has 0 saturated carbocycles. The van der Waals surface area contributed by atoms with Gasteiger partial charge in [0.2, 0.25) is 0 Å². The van der Waals surface area contributed by atoms with Crippen LogP contribution in [0.15, 0.2) is 24.3 Å². The number of fused-ring (bicyclic) bond motifs is 1. The van der Waals surface area contributed by atoms with Crippen LogP contribution in [0.5, 0.6) is 0 Å². The molecule has 0 aromatic heterocycles. The van der Waals surface area contributed by atoms with Gasteiger partial charge in [-0.25, -0.2) is 0 Å². The predicted molar refractivity (Wildman–Crippen MR) is 80.7 cm³/mol. The van der Waals surface area contributed by atoms with E-state index in [1.165, 1.54) is 51.0 Å².